The zero-order valence-corrected chi connectivity index (χ0v) is 13.9. The van der Waals surface area contributed by atoms with E-state index in [1.165, 1.54) is 21.6 Å². The Bertz CT molecular complexity index is 632. The number of carbonyl (C=O) groups excluding carboxylic acids is 3. The number of likely N-dealkylation sites (N-methyl/N-ethyl adjacent to an activating group) is 1. The Hall–Kier alpha value is -2.02. The molecule has 1 aromatic rings. The Balaban J connectivity index is 2.21. The number of anilines is 1. The van der Waals surface area contributed by atoms with Gasteiger partial charge in [0.15, 0.2) is 4.75 Å². The molecule has 0 radical (unpaired) electrons. The third-order valence-electron chi connectivity index (χ3n) is 3.59. The number of benzene rings is 1. The van der Waals surface area contributed by atoms with E-state index in [-0.39, 0.29) is 18.4 Å². The number of nitrogens with one attached hydrogen (secondary N) is 1. The maximum Gasteiger partial charge on any atom is 0.252 e. The third kappa shape index (κ3) is 2.81. The van der Waals surface area contributed by atoms with Crippen LogP contribution in [0.4, 0.5) is 5.69 Å². The first kappa shape index (κ1) is 16.4. The summed E-state index contributed by atoms with van der Waals surface area (Å²) < 4.78 is -1.28. The molecule has 7 heteroatoms. The highest BCUT2D eigenvalue weighted by molar-refractivity contribution is 8.02. The van der Waals surface area contributed by atoms with E-state index in [2.05, 4.69) is 5.32 Å². The second-order valence-corrected chi connectivity index (χ2v) is 6.90. The number of para-hydroxylation sites is 1. The maximum atomic E-state index is 12.6. The van der Waals surface area contributed by atoms with E-state index in [9.17, 15) is 14.4 Å². The first-order chi connectivity index (χ1) is 10.3. The smallest absolute Gasteiger partial charge is 0.252 e. The third-order valence-corrected chi connectivity index (χ3v) is 4.92. The standard InChI is InChI=1S/C15H19N3O3S/c1-15(13(20)16-9-12(19)17(2)3)14(21)18(4)10-7-5-6-8-11(10)22-15/h5-8H,9H2,1-4H3,(H,16,20)/t15-/m1/s1. The SMILES string of the molecule is CN(C)C(=O)CNC(=O)[C@@]1(C)Sc2ccccc2N(C)C1=O. The maximum absolute atomic E-state index is 12.6. The Labute approximate surface area is 133 Å². The van der Waals surface area contributed by atoms with Gasteiger partial charge in [-0.05, 0) is 19.1 Å². The van der Waals surface area contributed by atoms with Crippen LogP contribution in [0.15, 0.2) is 29.2 Å². The number of hydrogen-bond acceptors (Lipinski definition) is 4. The predicted molar refractivity (Wildman–Crippen MR) is 85.8 cm³/mol. The molecule has 0 aromatic heterocycles. The lowest BCUT2D eigenvalue weighted by atomic mass is 10.1. The lowest BCUT2D eigenvalue weighted by molar-refractivity contribution is -0.134. The molecule has 1 N–H and O–H groups in total. The van der Waals surface area contributed by atoms with Gasteiger partial charge < -0.3 is 15.1 Å². The van der Waals surface area contributed by atoms with Gasteiger partial charge in [-0.2, -0.15) is 0 Å². The van der Waals surface area contributed by atoms with Crippen molar-refractivity contribution in [2.24, 2.45) is 0 Å². The molecule has 1 aromatic carbocycles. The summed E-state index contributed by atoms with van der Waals surface area (Å²) in [4.78, 5) is 40.4. The number of carbonyl (C=O) groups is 3. The summed E-state index contributed by atoms with van der Waals surface area (Å²) in [7, 11) is 4.87. The number of hydrogen-bond donors (Lipinski definition) is 1. The highest BCUT2D eigenvalue weighted by Gasteiger charge is 2.48. The van der Waals surface area contributed by atoms with Crippen molar-refractivity contribution < 1.29 is 14.4 Å². The average molecular weight is 321 g/mol. The Kier molecular flexibility index (Phi) is 4.46. The summed E-state index contributed by atoms with van der Waals surface area (Å²) in [5, 5.41) is 2.56. The molecule has 22 heavy (non-hydrogen) atoms. The lowest BCUT2D eigenvalue weighted by Gasteiger charge is -2.36. The molecule has 0 aliphatic carbocycles. The van der Waals surface area contributed by atoms with Crippen LogP contribution in [-0.4, -0.2) is 55.1 Å². The van der Waals surface area contributed by atoms with Crippen LogP contribution in [0.1, 0.15) is 6.92 Å². The average Bonchev–Trinajstić information content (AvgIpc) is 2.49. The van der Waals surface area contributed by atoms with E-state index in [4.69, 9.17) is 0 Å². The topological polar surface area (TPSA) is 69.7 Å². The highest BCUT2D eigenvalue weighted by Crippen LogP contribution is 2.44. The summed E-state index contributed by atoms with van der Waals surface area (Å²) in [6.45, 7) is 1.46. The largest absolute Gasteiger partial charge is 0.347 e. The van der Waals surface area contributed by atoms with E-state index in [1.807, 2.05) is 24.3 Å². The second-order valence-electron chi connectivity index (χ2n) is 5.44. The van der Waals surface area contributed by atoms with Gasteiger partial charge in [-0.25, -0.2) is 0 Å². The minimum atomic E-state index is -1.28. The zero-order valence-electron chi connectivity index (χ0n) is 13.0. The molecule has 0 spiro atoms. The summed E-state index contributed by atoms with van der Waals surface area (Å²) in [6, 6.07) is 7.43. The van der Waals surface area contributed by atoms with Crippen molar-refractivity contribution >= 4 is 35.2 Å². The summed E-state index contributed by atoms with van der Waals surface area (Å²) in [6.07, 6.45) is 0. The Morgan fingerprint density at radius 2 is 1.95 bits per heavy atom. The van der Waals surface area contributed by atoms with Crippen molar-refractivity contribution in [3.05, 3.63) is 24.3 Å². The molecule has 0 bridgehead atoms. The second kappa shape index (κ2) is 6.00. The van der Waals surface area contributed by atoms with Crippen LogP contribution in [0, 0.1) is 0 Å². The van der Waals surface area contributed by atoms with Gasteiger partial charge in [-0.1, -0.05) is 23.9 Å². The quantitative estimate of drug-likeness (QED) is 0.833. The molecular weight excluding hydrogens is 302 g/mol. The molecule has 0 unspecified atom stereocenters. The lowest BCUT2D eigenvalue weighted by Crippen LogP contribution is -2.56. The van der Waals surface area contributed by atoms with E-state index in [1.54, 1.807) is 28.1 Å². The first-order valence-corrected chi connectivity index (χ1v) is 7.63. The van der Waals surface area contributed by atoms with Crippen LogP contribution in [0.2, 0.25) is 0 Å². The van der Waals surface area contributed by atoms with Gasteiger partial charge in [0.1, 0.15) is 0 Å². The monoisotopic (exact) mass is 321 g/mol. The fraction of sp³-hybridized carbons (Fsp3) is 0.400. The molecular formula is C15H19N3O3S. The van der Waals surface area contributed by atoms with Crippen LogP contribution in [0.25, 0.3) is 0 Å². The molecule has 0 saturated carbocycles. The van der Waals surface area contributed by atoms with Crippen molar-refractivity contribution in [1.82, 2.24) is 10.2 Å². The fourth-order valence-corrected chi connectivity index (χ4v) is 3.42. The predicted octanol–water partition coefficient (Wildman–Crippen LogP) is 0.718. The van der Waals surface area contributed by atoms with Crippen molar-refractivity contribution in [2.45, 2.75) is 16.6 Å². The molecule has 118 valence electrons. The number of amides is 3. The molecule has 2 rings (SSSR count). The first-order valence-electron chi connectivity index (χ1n) is 6.82. The van der Waals surface area contributed by atoms with E-state index < -0.39 is 10.7 Å². The Morgan fingerprint density at radius 1 is 1.32 bits per heavy atom. The molecule has 1 heterocycles. The minimum Gasteiger partial charge on any atom is -0.347 e. The van der Waals surface area contributed by atoms with Gasteiger partial charge in [-0.15, -0.1) is 0 Å². The molecule has 1 aliphatic heterocycles. The van der Waals surface area contributed by atoms with Crippen LogP contribution in [0.3, 0.4) is 0 Å². The number of thioether (sulfide) groups is 1. The van der Waals surface area contributed by atoms with Crippen molar-refractivity contribution in [1.29, 1.82) is 0 Å². The molecule has 0 fully saturated rings. The fourth-order valence-electron chi connectivity index (χ4n) is 2.14. The van der Waals surface area contributed by atoms with Crippen LogP contribution in [-0.2, 0) is 14.4 Å². The van der Waals surface area contributed by atoms with Crippen LogP contribution < -0.4 is 10.2 Å². The molecule has 0 saturated heterocycles. The highest BCUT2D eigenvalue weighted by atomic mass is 32.2. The van der Waals surface area contributed by atoms with Gasteiger partial charge in [0, 0.05) is 26.0 Å². The molecule has 6 nitrogen and oxygen atoms in total. The summed E-state index contributed by atoms with van der Waals surface area (Å²) >= 11 is 1.21. The number of nitrogens with zero attached hydrogens (tertiary/aromatic N) is 2. The van der Waals surface area contributed by atoms with E-state index >= 15 is 0 Å². The van der Waals surface area contributed by atoms with Crippen molar-refractivity contribution in [2.75, 3.05) is 32.6 Å². The molecule has 3 amide bonds. The van der Waals surface area contributed by atoms with Crippen molar-refractivity contribution in [3.63, 3.8) is 0 Å². The van der Waals surface area contributed by atoms with E-state index in [0.29, 0.717) is 0 Å². The normalized spacial score (nSPS) is 20.4. The summed E-state index contributed by atoms with van der Waals surface area (Å²) in [5.41, 5.74) is 0.784. The summed E-state index contributed by atoms with van der Waals surface area (Å²) in [5.74, 6) is -0.982. The molecule has 1 aliphatic rings. The Morgan fingerprint density at radius 3 is 2.59 bits per heavy atom. The zero-order chi connectivity index (χ0) is 16.5. The minimum absolute atomic E-state index is 0.124. The van der Waals surface area contributed by atoms with E-state index in [0.717, 1.165) is 10.6 Å². The molecule has 1 atom stereocenters. The van der Waals surface area contributed by atoms with Gasteiger partial charge in [0.05, 0.1) is 12.2 Å². The number of fused-ring (bicyclic) bond motifs is 1. The van der Waals surface area contributed by atoms with Gasteiger partial charge in [0.25, 0.3) is 5.91 Å². The van der Waals surface area contributed by atoms with Gasteiger partial charge in [0.2, 0.25) is 11.8 Å². The van der Waals surface area contributed by atoms with Gasteiger partial charge >= 0.3 is 0 Å². The van der Waals surface area contributed by atoms with Crippen LogP contribution in [0.5, 0.6) is 0 Å². The van der Waals surface area contributed by atoms with Crippen molar-refractivity contribution in [3.8, 4) is 0 Å². The van der Waals surface area contributed by atoms with Gasteiger partial charge in [-0.3, -0.25) is 14.4 Å². The number of rotatable bonds is 3. The van der Waals surface area contributed by atoms with Crippen LogP contribution >= 0.6 is 11.8 Å².